The van der Waals surface area contributed by atoms with Crippen LogP contribution in [0.3, 0.4) is 0 Å². The van der Waals surface area contributed by atoms with Crippen molar-refractivity contribution in [3.63, 3.8) is 0 Å². The average molecular weight is 314 g/mol. The largest absolute Gasteiger partial charge is 0.339 e. The summed E-state index contributed by atoms with van der Waals surface area (Å²) >= 11 is 0. The number of hydrogen-bond acceptors (Lipinski definition) is 5. The van der Waals surface area contributed by atoms with Crippen LogP contribution in [0, 0.1) is 5.92 Å². The number of rotatable bonds is 6. The number of aromatic nitrogens is 2. The lowest BCUT2D eigenvalue weighted by Gasteiger charge is -2.20. The van der Waals surface area contributed by atoms with Crippen molar-refractivity contribution in [2.24, 2.45) is 5.92 Å². The van der Waals surface area contributed by atoms with E-state index in [0.29, 0.717) is 24.9 Å². The lowest BCUT2D eigenvalue weighted by molar-refractivity contribution is 0.371. The van der Waals surface area contributed by atoms with Crippen molar-refractivity contribution in [1.82, 2.24) is 18.8 Å². The van der Waals surface area contributed by atoms with Gasteiger partial charge in [0.2, 0.25) is 5.89 Å². The Balaban J connectivity index is 1.50. The summed E-state index contributed by atoms with van der Waals surface area (Å²) in [5.41, 5.74) is 0. The van der Waals surface area contributed by atoms with Crippen molar-refractivity contribution in [1.29, 1.82) is 0 Å². The highest BCUT2D eigenvalue weighted by molar-refractivity contribution is 7.86. The molecule has 1 aromatic rings. The molecule has 2 heterocycles. The van der Waals surface area contributed by atoms with Crippen LogP contribution in [0.2, 0.25) is 0 Å². The fourth-order valence-corrected chi connectivity index (χ4v) is 3.87. The Morgan fingerprint density at radius 2 is 2.10 bits per heavy atom. The van der Waals surface area contributed by atoms with Crippen LogP contribution < -0.4 is 0 Å². The molecule has 0 radical (unpaired) electrons. The molecule has 1 aliphatic carbocycles. The molecule has 0 spiro atoms. The maximum absolute atomic E-state index is 12.0. The zero-order valence-corrected chi connectivity index (χ0v) is 13.3. The highest BCUT2D eigenvalue weighted by atomic mass is 32.2. The van der Waals surface area contributed by atoms with Crippen molar-refractivity contribution < 1.29 is 12.9 Å². The zero-order valence-electron chi connectivity index (χ0n) is 12.5. The molecular formula is C13H22N4O3S. The Morgan fingerprint density at radius 1 is 1.33 bits per heavy atom. The van der Waals surface area contributed by atoms with Crippen LogP contribution in [-0.2, 0) is 16.6 Å². The molecule has 1 aliphatic heterocycles. The molecule has 1 unspecified atom stereocenters. The minimum atomic E-state index is -3.27. The van der Waals surface area contributed by atoms with Crippen molar-refractivity contribution in [3.05, 3.63) is 11.7 Å². The Bertz CT molecular complexity index is 594. The highest BCUT2D eigenvalue weighted by Gasteiger charge is 2.33. The van der Waals surface area contributed by atoms with Crippen molar-refractivity contribution in [2.75, 3.05) is 27.2 Å². The van der Waals surface area contributed by atoms with E-state index in [2.05, 4.69) is 10.1 Å². The topological polar surface area (TPSA) is 79.5 Å². The van der Waals surface area contributed by atoms with Gasteiger partial charge in [0, 0.05) is 39.5 Å². The third-order valence-electron chi connectivity index (χ3n) is 4.22. The summed E-state index contributed by atoms with van der Waals surface area (Å²) in [4.78, 5) is 4.41. The monoisotopic (exact) mass is 314 g/mol. The Kier molecular flexibility index (Phi) is 4.02. The molecule has 118 valence electrons. The van der Waals surface area contributed by atoms with E-state index in [4.69, 9.17) is 4.52 Å². The maximum Gasteiger partial charge on any atom is 0.281 e. The van der Waals surface area contributed by atoms with Gasteiger partial charge in [-0.1, -0.05) is 5.16 Å². The van der Waals surface area contributed by atoms with Crippen LogP contribution in [0.1, 0.15) is 43.3 Å². The molecule has 0 aromatic carbocycles. The van der Waals surface area contributed by atoms with Gasteiger partial charge in [-0.25, -0.2) is 0 Å². The van der Waals surface area contributed by atoms with E-state index in [-0.39, 0.29) is 0 Å². The molecule has 1 aromatic heterocycles. The number of aryl methyl sites for hydroxylation is 1. The molecule has 0 amide bonds. The predicted octanol–water partition coefficient (Wildman–Crippen LogP) is 1.01. The molecule has 1 saturated carbocycles. The van der Waals surface area contributed by atoms with Crippen LogP contribution in [0.15, 0.2) is 4.52 Å². The van der Waals surface area contributed by atoms with Crippen molar-refractivity contribution in [2.45, 2.75) is 38.0 Å². The van der Waals surface area contributed by atoms with Crippen molar-refractivity contribution >= 4 is 10.2 Å². The molecule has 0 bridgehead atoms. The normalized spacial score (nSPS) is 24.0. The van der Waals surface area contributed by atoms with Crippen LogP contribution in [0.5, 0.6) is 0 Å². The second-order valence-corrected chi connectivity index (χ2v) is 8.31. The lowest BCUT2D eigenvalue weighted by Crippen LogP contribution is -2.38. The molecule has 2 fully saturated rings. The lowest BCUT2D eigenvalue weighted by atomic mass is 10.0. The Labute approximate surface area is 125 Å². The fraction of sp³-hybridized carbons (Fsp3) is 0.846. The number of hydrogen-bond donors (Lipinski definition) is 0. The second-order valence-electron chi connectivity index (χ2n) is 6.16. The first-order chi connectivity index (χ1) is 9.96. The van der Waals surface area contributed by atoms with Crippen LogP contribution in [0.25, 0.3) is 0 Å². The van der Waals surface area contributed by atoms with E-state index in [1.165, 1.54) is 4.31 Å². The van der Waals surface area contributed by atoms with Crippen LogP contribution in [0.4, 0.5) is 0 Å². The molecule has 21 heavy (non-hydrogen) atoms. The quantitative estimate of drug-likeness (QED) is 0.783. The maximum atomic E-state index is 12.0. The molecule has 3 rings (SSSR count). The predicted molar refractivity (Wildman–Crippen MR) is 76.9 cm³/mol. The van der Waals surface area contributed by atoms with Gasteiger partial charge in [0.25, 0.3) is 10.2 Å². The van der Waals surface area contributed by atoms with Crippen LogP contribution in [-0.4, -0.2) is 54.4 Å². The molecule has 1 saturated heterocycles. The van der Waals surface area contributed by atoms with Gasteiger partial charge < -0.3 is 4.52 Å². The summed E-state index contributed by atoms with van der Waals surface area (Å²) in [6, 6.07) is 0. The molecular weight excluding hydrogens is 292 g/mol. The minimum Gasteiger partial charge on any atom is -0.339 e. The molecule has 2 aliphatic rings. The smallest absolute Gasteiger partial charge is 0.281 e. The Hall–Kier alpha value is -0.990. The number of nitrogens with zero attached hydrogens (tertiary/aromatic N) is 4. The van der Waals surface area contributed by atoms with E-state index >= 15 is 0 Å². The van der Waals surface area contributed by atoms with Crippen molar-refractivity contribution in [3.8, 4) is 0 Å². The average Bonchev–Trinajstić information content (AvgIpc) is 3.00. The van der Waals surface area contributed by atoms with E-state index in [1.807, 2.05) is 0 Å². The summed E-state index contributed by atoms with van der Waals surface area (Å²) in [6.45, 7) is 1.19. The van der Waals surface area contributed by atoms with Gasteiger partial charge in [-0.2, -0.15) is 22.0 Å². The van der Waals surface area contributed by atoms with Gasteiger partial charge >= 0.3 is 0 Å². The second kappa shape index (κ2) is 5.66. The highest BCUT2D eigenvalue weighted by Crippen LogP contribution is 2.38. The third kappa shape index (κ3) is 3.27. The van der Waals surface area contributed by atoms with E-state index in [1.54, 1.807) is 18.4 Å². The van der Waals surface area contributed by atoms with E-state index in [9.17, 15) is 8.42 Å². The first-order valence-corrected chi connectivity index (χ1v) is 8.86. The van der Waals surface area contributed by atoms with Gasteiger partial charge in [-0.3, -0.25) is 0 Å². The summed E-state index contributed by atoms with van der Waals surface area (Å²) in [5.74, 6) is 2.39. The SMILES string of the molecule is CN(C)S(=O)(=O)N1CCC(CCc2noc(C3CC3)n2)C1. The summed E-state index contributed by atoms with van der Waals surface area (Å²) in [7, 11) is -0.133. The standard InChI is InChI=1S/C13H22N4O3S/c1-16(2)21(18,19)17-8-7-10(9-17)3-6-12-14-13(20-15-12)11-4-5-11/h10-11H,3-9H2,1-2H3. The summed E-state index contributed by atoms with van der Waals surface area (Å²) < 4.78 is 32.2. The van der Waals surface area contributed by atoms with Gasteiger partial charge in [0.15, 0.2) is 5.82 Å². The van der Waals surface area contributed by atoms with Gasteiger partial charge in [-0.05, 0) is 31.6 Å². The fourth-order valence-electron chi connectivity index (χ4n) is 2.67. The minimum absolute atomic E-state index is 0.377. The van der Waals surface area contributed by atoms with E-state index < -0.39 is 10.2 Å². The van der Waals surface area contributed by atoms with Crippen LogP contribution >= 0.6 is 0 Å². The molecule has 8 heteroatoms. The van der Waals surface area contributed by atoms with Gasteiger partial charge in [0.1, 0.15) is 0 Å². The zero-order chi connectivity index (χ0) is 15.0. The molecule has 0 N–H and O–H groups in total. The summed E-state index contributed by atoms with van der Waals surface area (Å²) in [6.07, 6.45) is 4.88. The van der Waals surface area contributed by atoms with E-state index in [0.717, 1.165) is 43.8 Å². The first-order valence-electron chi connectivity index (χ1n) is 7.47. The first kappa shape index (κ1) is 14.9. The summed E-state index contributed by atoms with van der Waals surface area (Å²) in [5, 5.41) is 4.01. The van der Waals surface area contributed by atoms with Gasteiger partial charge in [-0.15, -0.1) is 0 Å². The molecule has 7 nitrogen and oxygen atoms in total. The third-order valence-corrected chi connectivity index (χ3v) is 6.13. The van der Waals surface area contributed by atoms with Gasteiger partial charge in [0.05, 0.1) is 0 Å². The Morgan fingerprint density at radius 3 is 2.76 bits per heavy atom. The molecule has 1 atom stereocenters.